The highest BCUT2D eigenvalue weighted by Crippen LogP contribution is 2.27. The Kier molecular flexibility index (Phi) is 5.85. The molecule has 0 saturated carbocycles. The fraction of sp³-hybridized carbons (Fsp3) is 0.737. The second-order valence-corrected chi connectivity index (χ2v) is 7.73. The standard InChI is InChI=1S/C19H31N7O/c1-3-16-11-17(21-20-16)13-26-6-4-5-15(12-26)19-23-22-18(24(19)2)14-25-7-9-27-10-8-25/h11,15H,3-10,12-14H2,1-2H3,(H,20,21)/t15-/m0/s1. The van der Waals surface area contributed by atoms with Crippen LogP contribution in [0.5, 0.6) is 0 Å². The molecule has 8 heteroatoms. The lowest BCUT2D eigenvalue weighted by molar-refractivity contribution is 0.0326. The summed E-state index contributed by atoms with van der Waals surface area (Å²) in [7, 11) is 2.12. The molecular formula is C19H31N7O. The Balaban J connectivity index is 1.39. The Labute approximate surface area is 160 Å². The number of piperidine rings is 1. The van der Waals surface area contributed by atoms with Crippen LogP contribution in [0.25, 0.3) is 0 Å². The zero-order valence-electron chi connectivity index (χ0n) is 16.5. The number of hydrogen-bond acceptors (Lipinski definition) is 6. The van der Waals surface area contributed by atoms with Gasteiger partial charge in [0.2, 0.25) is 0 Å². The molecular weight excluding hydrogens is 342 g/mol. The fourth-order valence-electron chi connectivity index (χ4n) is 4.15. The van der Waals surface area contributed by atoms with Gasteiger partial charge in [0.25, 0.3) is 0 Å². The summed E-state index contributed by atoms with van der Waals surface area (Å²) in [4.78, 5) is 4.91. The van der Waals surface area contributed by atoms with Crippen molar-refractivity contribution < 1.29 is 4.74 Å². The predicted octanol–water partition coefficient (Wildman–Crippen LogP) is 1.31. The van der Waals surface area contributed by atoms with Gasteiger partial charge in [-0.05, 0) is 31.9 Å². The Morgan fingerprint density at radius 2 is 2.00 bits per heavy atom. The summed E-state index contributed by atoms with van der Waals surface area (Å²) in [6, 6.07) is 2.19. The molecule has 0 amide bonds. The average Bonchev–Trinajstić information content (AvgIpc) is 3.30. The molecule has 148 valence electrons. The van der Waals surface area contributed by atoms with Gasteiger partial charge < -0.3 is 9.30 Å². The monoisotopic (exact) mass is 373 g/mol. The molecule has 1 N–H and O–H groups in total. The quantitative estimate of drug-likeness (QED) is 0.823. The third-order valence-electron chi connectivity index (χ3n) is 5.78. The summed E-state index contributed by atoms with van der Waals surface area (Å²) in [6.07, 6.45) is 3.36. The number of morpholine rings is 1. The van der Waals surface area contributed by atoms with Gasteiger partial charge in [-0.3, -0.25) is 14.9 Å². The first-order valence-electron chi connectivity index (χ1n) is 10.2. The number of aryl methyl sites for hydroxylation is 1. The molecule has 0 radical (unpaired) electrons. The van der Waals surface area contributed by atoms with Gasteiger partial charge in [0.1, 0.15) is 11.6 Å². The second-order valence-electron chi connectivity index (χ2n) is 7.73. The van der Waals surface area contributed by atoms with Gasteiger partial charge in [0.05, 0.1) is 25.5 Å². The zero-order chi connectivity index (χ0) is 18.6. The van der Waals surface area contributed by atoms with Crippen LogP contribution in [0, 0.1) is 0 Å². The van der Waals surface area contributed by atoms with E-state index in [9.17, 15) is 0 Å². The van der Waals surface area contributed by atoms with Gasteiger partial charge in [0.15, 0.2) is 0 Å². The molecule has 2 fully saturated rings. The lowest BCUT2D eigenvalue weighted by atomic mass is 9.97. The zero-order valence-corrected chi connectivity index (χ0v) is 16.5. The topological polar surface area (TPSA) is 75.1 Å². The molecule has 0 bridgehead atoms. The van der Waals surface area contributed by atoms with E-state index in [0.29, 0.717) is 5.92 Å². The highest BCUT2D eigenvalue weighted by molar-refractivity contribution is 5.09. The molecule has 0 unspecified atom stereocenters. The highest BCUT2D eigenvalue weighted by Gasteiger charge is 2.26. The van der Waals surface area contributed by atoms with E-state index < -0.39 is 0 Å². The fourth-order valence-corrected chi connectivity index (χ4v) is 4.15. The molecule has 2 aliphatic heterocycles. The van der Waals surface area contributed by atoms with Crippen LogP contribution in [0.3, 0.4) is 0 Å². The molecule has 0 aliphatic carbocycles. The molecule has 4 heterocycles. The molecule has 2 saturated heterocycles. The molecule has 27 heavy (non-hydrogen) atoms. The van der Waals surface area contributed by atoms with E-state index >= 15 is 0 Å². The normalized spacial score (nSPS) is 22.4. The van der Waals surface area contributed by atoms with Gasteiger partial charge in [-0.1, -0.05) is 6.92 Å². The molecule has 4 rings (SSSR count). The summed E-state index contributed by atoms with van der Waals surface area (Å²) in [5, 5.41) is 16.6. The molecule has 0 spiro atoms. The maximum Gasteiger partial charge on any atom is 0.146 e. The van der Waals surface area contributed by atoms with Crippen molar-refractivity contribution in [3.63, 3.8) is 0 Å². The van der Waals surface area contributed by atoms with Crippen molar-refractivity contribution in [2.75, 3.05) is 39.4 Å². The van der Waals surface area contributed by atoms with Crippen molar-refractivity contribution in [3.8, 4) is 0 Å². The number of hydrogen-bond donors (Lipinski definition) is 1. The van der Waals surface area contributed by atoms with Gasteiger partial charge in [0, 0.05) is 44.8 Å². The van der Waals surface area contributed by atoms with Crippen LogP contribution in [0.4, 0.5) is 0 Å². The summed E-state index contributed by atoms with van der Waals surface area (Å²) >= 11 is 0. The Bertz CT molecular complexity index is 734. The molecule has 2 aromatic rings. The molecule has 1 atom stereocenters. The number of H-pyrrole nitrogens is 1. The molecule has 2 aromatic heterocycles. The van der Waals surface area contributed by atoms with Crippen molar-refractivity contribution in [1.29, 1.82) is 0 Å². The first-order valence-corrected chi connectivity index (χ1v) is 10.2. The number of aromatic amines is 1. The largest absolute Gasteiger partial charge is 0.379 e. The van der Waals surface area contributed by atoms with Crippen LogP contribution < -0.4 is 0 Å². The average molecular weight is 374 g/mol. The molecule has 0 aromatic carbocycles. The SMILES string of the molecule is CCc1cc(CN2CCC[C@H](c3nnc(CN4CCOCC4)n3C)C2)[nH]n1. The van der Waals surface area contributed by atoms with E-state index in [1.165, 1.54) is 18.5 Å². The molecule has 2 aliphatic rings. The first kappa shape index (κ1) is 18.6. The van der Waals surface area contributed by atoms with E-state index in [1.54, 1.807) is 0 Å². The Morgan fingerprint density at radius 3 is 2.78 bits per heavy atom. The minimum atomic E-state index is 0.447. The number of nitrogens with zero attached hydrogens (tertiary/aromatic N) is 6. The van der Waals surface area contributed by atoms with Crippen LogP contribution in [-0.2, 0) is 31.3 Å². The minimum absolute atomic E-state index is 0.447. The van der Waals surface area contributed by atoms with E-state index in [2.05, 4.69) is 54.8 Å². The molecule has 8 nitrogen and oxygen atoms in total. The maximum atomic E-state index is 5.44. The first-order chi connectivity index (χ1) is 13.2. The van der Waals surface area contributed by atoms with Crippen molar-refractivity contribution >= 4 is 0 Å². The van der Waals surface area contributed by atoms with Gasteiger partial charge >= 0.3 is 0 Å². The van der Waals surface area contributed by atoms with Crippen LogP contribution in [0.15, 0.2) is 6.07 Å². The number of rotatable bonds is 6. The van der Waals surface area contributed by atoms with Crippen molar-refractivity contribution in [3.05, 3.63) is 29.1 Å². The number of nitrogens with one attached hydrogen (secondary N) is 1. The number of ether oxygens (including phenoxy) is 1. The van der Waals surface area contributed by atoms with E-state index in [0.717, 1.165) is 76.2 Å². The van der Waals surface area contributed by atoms with Crippen molar-refractivity contribution in [1.82, 2.24) is 34.8 Å². The smallest absolute Gasteiger partial charge is 0.146 e. The Morgan fingerprint density at radius 1 is 1.15 bits per heavy atom. The Hall–Kier alpha value is -1.77. The number of aromatic nitrogens is 5. The summed E-state index contributed by atoms with van der Waals surface area (Å²) in [5.74, 6) is 2.63. The second kappa shape index (κ2) is 8.50. The van der Waals surface area contributed by atoms with Gasteiger partial charge in [-0.2, -0.15) is 5.10 Å². The minimum Gasteiger partial charge on any atom is -0.379 e. The van der Waals surface area contributed by atoms with Crippen LogP contribution in [-0.4, -0.2) is 74.2 Å². The van der Waals surface area contributed by atoms with Crippen LogP contribution in [0.2, 0.25) is 0 Å². The van der Waals surface area contributed by atoms with Gasteiger partial charge in [-0.25, -0.2) is 0 Å². The third kappa shape index (κ3) is 4.39. The van der Waals surface area contributed by atoms with Crippen molar-refractivity contribution in [2.24, 2.45) is 7.05 Å². The third-order valence-corrected chi connectivity index (χ3v) is 5.78. The van der Waals surface area contributed by atoms with E-state index in [4.69, 9.17) is 4.74 Å². The van der Waals surface area contributed by atoms with Gasteiger partial charge in [-0.15, -0.1) is 10.2 Å². The predicted molar refractivity (Wildman–Crippen MR) is 102 cm³/mol. The maximum absolute atomic E-state index is 5.44. The van der Waals surface area contributed by atoms with Crippen LogP contribution >= 0.6 is 0 Å². The summed E-state index contributed by atoms with van der Waals surface area (Å²) < 4.78 is 7.66. The lowest BCUT2D eigenvalue weighted by Crippen LogP contribution is -2.36. The highest BCUT2D eigenvalue weighted by atomic mass is 16.5. The van der Waals surface area contributed by atoms with Crippen molar-refractivity contribution in [2.45, 2.75) is 45.2 Å². The number of likely N-dealkylation sites (tertiary alicyclic amines) is 1. The summed E-state index contributed by atoms with van der Waals surface area (Å²) in [6.45, 7) is 9.68. The van der Waals surface area contributed by atoms with E-state index in [-0.39, 0.29) is 0 Å². The van der Waals surface area contributed by atoms with E-state index in [1.807, 2.05) is 0 Å². The lowest BCUT2D eigenvalue weighted by Gasteiger charge is -2.32. The summed E-state index contributed by atoms with van der Waals surface area (Å²) in [5.41, 5.74) is 2.35. The van der Waals surface area contributed by atoms with Crippen LogP contribution in [0.1, 0.15) is 48.7 Å².